The zero-order chi connectivity index (χ0) is 11.1. The molecule has 3 rings (SSSR count). The van der Waals surface area contributed by atoms with Crippen molar-refractivity contribution in [2.45, 2.75) is 13.3 Å². The van der Waals surface area contributed by atoms with E-state index in [1.54, 1.807) is 13.2 Å². The van der Waals surface area contributed by atoms with Crippen molar-refractivity contribution in [1.82, 2.24) is 4.98 Å². The fourth-order valence-corrected chi connectivity index (χ4v) is 1.87. The van der Waals surface area contributed by atoms with Gasteiger partial charge in [-0.1, -0.05) is 12.1 Å². The lowest BCUT2D eigenvalue weighted by molar-refractivity contribution is -0.115. The van der Waals surface area contributed by atoms with Crippen LogP contribution < -0.4 is 5.32 Å². The Labute approximate surface area is 92.3 Å². The molecule has 0 saturated heterocycles. The maximum Gasteiger partial charge on any atom is 0.228 e. The number of benzene rings is 1. The van der Waals surface area contributed by atoms with Crippen molar-refractivity contribution < 1.29 is 9.21 Å². The number of fused-ring (bicyclic) bond motifs is 1. The number of nitrogens with zero attached hydrogens (tertiary/aromatic N) is 1. The van der Waals surface area contributed by atoms with Gasteiger partial charge < -0.3 is 9.73 Å². The predicted octanol–water partition coefficient (Wildman–Crippen LogP) is 2.14. The molecule has 1 amide bonds. The van der Waals surface area contributed by atoms with Crippen molar-refractivity contribution in [2.75, 3.05) is 5.32 Å². The number of carbonyl (C=O) groups excluding carboxylic acids is 1. The second kappa shape index (κ2) is 3.20. The smallest absolute Gasteiger partial charge is 0.228 e. The summed E-state index contributed by atoms with van der Waals surface area (Å²) < 4.78 is 5.16. The van der Waals surface area contributed by atoms with Gasteiger partial charge in [0.05, 0.1) is 6.42 Å². The van der Waals surface area contributed by atoms with Gasteiger partial charge in [0.1, 0.15) is 12.0 Å². The second-order valence-corrected chi connectivity index (χ2v) is 3.85. The number of aryl methyl sites for hydroxylation is 1. The third-order valence-corrected chi connectivity index (χ3v) is 2.65. The van der Waals surface area contributed by atoms with Gasteiger partial charge in [-0.3, -0.25) is 4.79 Å². The van der Waals surface area contributed by atoms with E-state index in [0.29, 0.717) is 12.3 Å². The van der Waals surface area contributed by atoms with Crippen molar-refractivity contribution in [3.63, 3.8) is 0 Å². The Hall–Kier alpha value is -2.10. The molecule has 0 radical (unpaired) electrons. The van der Waals surface area contributed by atoms with Crippen molar-refractivity contribution in [1.29, 1.82) is 0 Å². The third kappa shape index (κ3) is 1.39. The van der Waals surface area contributed by atoms with Crippen LogP contribution in [-0.4, -0.2) is 10.9 Å². The molecule has 4 nitrogen and oxygen atoms in total. The minimum atomic E-state index is 0.0449. The van der Waals surface area contributed by atoms with E-state index in [1.807, 2.05) is 18.2 Å². The number of hydrogen-bond donors (Lipinski definition) is 1. The maximum absolute atomic E-state index is 11.2. The van der Waals surface area contributed by atoms with E-state index in [4.69, 9.17) is 4.42 Å². The summed E-state index contributed by atoms with van der Waals surface area (Å²) in [5, 5.41) is 2.82. The molecule has 0 saturated carbocycles. The topological polar surface area (TPSA) is 55.1 Å². The van der Waals surface area contributed by atoms with Crippen LogP contribution in [0.3, 0.4) is 0 Å². The molecule has 1 aromatic carbocycles. The number of aromatic nitrogens is 1. The van der Waals surface area contributed by atoms with Gasteiger partial charge in [0, 0.05) is 18.2 Å². The summed E-state index contributed by atoms with van der Waals surface area (Å²) in [7, 11) is 0. The minimum absolute atomic E-state index is 0.0449. The fraction of sp³-hybridized carbons (Fsp3) is 0.167. The summed E-state index contributed by atoms with van der Waals surface area (Å²) in [5.41, 5.74) is 3.66. The molecule has 1 aliphatic rings. The lowest BCUT2D eigenvalue weighted by Gasteiger charge is -2.00. The molecule has 0 bridgehead atoms. The van der Waals surface area contributed by atoms with E-state index in [0.717, 1.165) is 22.5 Å². The first-order valence-electron chi connectivity index (χ1n) is 5.07. The number of oxazole rings is 1. The maximum atomic E-state index is 11.2. The van der Waals surface area contributed by atoms with Crippen LogP contribution in [0.1, 0.15) is 11.5 Å². The highest BCUT2D eigenvalue weighted by Crippen LogP contribution is 2.28. The molecule has 0 spiro atoms. The molecule has 2 aromatic rings. The van der Waals surface area contributed by atoms with Crippen LogP contribution in [0.5, 0.6) is 0 Å². The van der Waals surface area contributed by atoms with Gasteiger partial charge in [-0.05, 0) is 11.6 Å². The lowest BCUT2D eigenvalue weighted by atomic mass is 10.1. The summed E-state index contributed by atoms with van der Waals surface area (Å²) in [6.45, 7) is 1.80. The highest BCUT2D eigenvalue weighted by Gasteiger charge is 2.18. The first-order valence-corrected chi connectivity index (χ1v) is 5.07. The van der Waals surface area contributed by atoms with E-state index in [9.17, 15) is 4.79 Å². The molecule has 1 N–H and O–H groups in total. The molecule has 1 aromatic heterocycles. The summed E-state index contributed by atoms with van der Waals surface area (Å²) in [4.78, 5) is 15.5. The zero-order valence-electron chi connectivity index (χ0n) is 8.78. The van der Waals surface area contributed by atoms with Crippen molar-refractivity contribution >= 4 is 11.6 Å². The van der Waals surface area contributed by atoms with Crippen LogP contribution >= 0.6 is 0 Å². The molecule has 0 unspecified atom stereocenters. The number of hydrogen-bond acceptors (Lipinski definition) is 3. The molecular formula is C12H10N2O2. The summed E-state index contributed by atoms with van der Waals surface area (Å²) in [6.07, 6.45) is 2.08. The van der Waals surface area contributed by atoms with Gasteiger partial charge in [-0.25, -0.2) is 4.98 Å². The Bertz CT molecular complexity index is 572. The van der Waals surface area contributed by atoms with E-state index in [1.165, 1.54) is 0 Å². The Morgan fingerprint density at radius 1 is 1.44 bits per heavy atom. The zero-order valence-corrected chi connectivity index (χ0v) is 8.78. The van der Waals surface area contributed by atoms with Gasteiger partial charge in [0.2, 0.25) is 5.91 Å². The number of rotatable bonds is 1. The standard InChI is InChI=1S/C12H10N2O2/c1-7-13-11(6-16-7)8-2-3-9-5-12(15)14-10(9)4-8/h2-4,6H,5H2,1H3,(H,14,15). The molecule has 0 fully saturated rings. The molecule has 80 valence electrons. The number of nitrogens with one attached hydrogen (secondary N) is 1. The van der Waals surface area contributed by atoms with Crippen LogP contribution in [0, 0.1) is 6.92 Å². The van der Waals surface area contributed by atoms with Crippen LogP contribution in [0.25, 0.3) is 11.3 Å². The average molecular weight is 214 g/mol. The average Bonchev–Trinajstić information content (AvgIpc) is 2.81. The van der Waals surface area contributed by atoms with Crippen LogP contribution in [0.15, 0.2) is 28.9 Å². The molecule has 4 heteroatoms. The van der Waals surface area contributed by atoms with Crippen LogP contribution in [0.2, 0.25) is 0 Å². The summed E-state index contributed by atoms with van der Waals surface area (Å²) in [6, 6.07) is 5.83. The number of amides is 1. The Balaban J connectivity index is 2.05. The lowest BCUT2D eigenvalue weighted by Crippen LogP contribution is -2.03. The fourth-order valence-electron chi connectivity index (χ4n) is 1.87. The molecular weight excluding hydrogens is 204 g/mol. The quantitative estimate of drug-likeness (QED) is 0.791. The van der Waals surface area contributed by atoms with E-state index >= 15 is 0 Å². The Morgan fingerprint density at radius 2 is 2.31 bits per heavy atom. The molecule has 16 heavy (non-hydrogen) atoms. The number of carbonyl (C=O) groups is 1. The first-order chi connectivity index (χ1) is 7.72. The number of anilines is 1. The second-order valence-electron chi connectivity index (χ2n) is 3.85. The summed E-state index contributed by atoms with van der Waals surface area (Å²) in [5.74, 6) is 0.683. The monoisotopic (exact) mass is 214 g/mol. The molecule has 1 aliphatic heterocycles. The van der Waals surface area contributed by atoms with Crippen LogP contribution in [0.4, 0.5) is 5.69 Å². The van der Waals surface area contributed by atoms with Gasteiger partial charge in [-0.15, -0.1) is 0 Å². The Kier molecular flexibility index (Phi) is 1.83. The van der Waals surface area contributed by atoms with Crippen molar-refractivity contribution in [3.05, 3.63) is 35.9 Å². The first kappa shape index (κ1) is 9.15. The summed E-state index contributed by atoms with van der Waals surface area (Å²) >= 11 is 0. The predicted molar refractivity (Wildman–Crippen MR) is 59.0 cm³/mol. The van der Waals surface area contributed by atoms with Gasteiger partial charge in [-0.2, -0.15) is 0 Å². The van der Waals surface area contributed by atoms with E-state index in [-0.39, 0.29) is 5.91 Å². The SMILES string of the molecule is Cc1nc(-c2ccc3c(c2)NC(=O)C3)co1. The third-order valence-electron chi connectivity index (χ3n) is 2.65. The normalized spacial score (nSPS) is 13.7. The van der Waals surface area contributed by atoms with Crippen molar-refractivity contribution in [2.24, 2.45) is 0 Å². The van der Waals surface area contributed by atoms with Gasteiger partial charge in [0.25, 0.3) is 0 Å². The highest BCUT2D eigenvalue weighted by molar-refractivity contribution is 5.99. The van der Waals surface area contributed by atoms with E-state index < -0.39 is 0 Å². The van der Waals surface area contributed by atoms with Gasteiger partial charge >= 0.3 is 0 Å². The van der Waals surface area contributed by atoms with E-state index in [2.05, 4.69) is 10.3 Å². The molecule has 0 atom stereocenters. The molecule has 2 heterocycles. The minimum Gasteiger partial charge on any atom is -0.449 e. The Morgan fingerprint density at radius 3 is 3.06 bits per heavy atom. The molecule has 0 aliphatic carbocycles. The van der Waals surface area contributed by atoms with Crippen LogP contribution in [-0.2, 0) is 11.2 Å². The highest BCUT2D eigenvalue weighted by atomic mass is 16.3. The largest absolute Gasteiger partial charge is 0.449 e. The van der Waals surface area contributed by atoms with Gasteiger partial charge in [0.15, 0.2) is 5.89 Å². The van der Waals surface area contributed by atoms with Crippen molar-refractivity contribution in [3.8, 4) is 11.3 Å².